The van der Waals surface area contributed by atoms with Gasteiger partial charge in [-0.2, -0.15) is 0 Å². The van der Waals surface area contributed by atoms with Gasteiger partial charge in [0, 0.05) is 12.8 Å². The zero-order valence-corrected chi connectivity index (χ0v) is 54.1. The number of unbranched alkanes of at least 4 members (excludes halogenated alkanes) is 52. The van der Waals surface area contributed by atoms with Crippen molar-refractivity contribution in [2.75, 3.05) is 47.5 Å². The van der Waals surface area contributed by atoms with Crippen LogP contribution in [-0.4, -0.2) is 70.0 Å². The normalized spacial score (nSPS) is 13.1. The highest BCUT2D eigenvalue weighted by Crippen LogP contribution is 2.38. The summed E-state index contributed by atoms with van der Waals surface area (Å²) in [6, 6.07) is 0. The highest BCUT2D eigenvalue weighted by molar-refractivity contribution is 7.45. The Morgan fingerprint density at radius 3 is 0.821 bits per heavy atom. The van der Waals surface area contributed by atoms with Crippen molar-refractivity contribution in [3.63, 3.8) is 0 Å². The third kappa shape index (κ3) is 64.2. The van der Waals surface area contributed by atoms with Gasteiger partial charge in [-0.25, -0.2) is 0 Å². The van der Waals surface area contributed by atoms with Gasteiger partial charge < -0.3 is 27.9 Å². The number of esters is 2. The number of hydrogen-bond acceptors (Lipinski definition) is 8. The molecule has 0 saturated carbocycles. The van der Waals surface area contributed by atoms with Crippen LogP contribution in [0.1, 0.15) is 373 Å². The Balaban J connectivity index is 3.94. The van der Waals surface area contributed by atoms with E-state index >= 15 is 0 Å². The molecule has 0 amide bonds. The van der Waals surface area contributed by atoms with E-state index in [4.69, 9.17) is 18.5 Å². The summed E-state index contributed by atoms with van der Waals surface area (Å²) in [7, 11) is 1.20. The van der Waals surface area contributed by atoms with Crippen LogP contribution < -0.4 is 4.89 Å². The molecule has 9 nitrogen and oxygen atoms in total. The largest absolute Gasteiger partial charge is 0.756 e. The smallest absolute Gasteiger partial charge is 0.306 e. The summed E-state index contributed by atoms with van der Waals surface area (Å²) in [4.78, 5) is 38.0. The van der Waals surface area contributed by atoms with Gasteiger partial charge in [-0.05, 0) is 12.8 Å². The predicted octanol–water partition coefficient (Wildman–Crippen LogP) is 21.5. The standard InChI is InChI=1S/C68H136NO8P/c1-6-8-10-12-14-16-18-20-22-24-26-28-29-30-31-32-33-34-35-36-37-38-39-41-43-45-47-49-51-53-55-57-59-61-68(71)77-66(65-76-78(72,73)75-63-62-69(3,4)5)64-74-67(70)60-58-56-54-52-50-48-46-44-42-40-27-25-23-21-19-17-15-13-11-9-7-2/h66H,6-65H2,1-5H3. The summed E-state index contributed by atoms with van der Waals surface area (Å²) < 4.78 is 34.3. The van der Waals surface area contributed by atoms with E-state index in [-0.39, 0.29) is 32.0 Å². The summed E-state index contributed by atoms with van der Waals surface area (Å²) in [5.41, 5.74) is 0. The van der Waals surface area contributed by atoms with Gasteiger partial charge in [0.1, 0.15) is 19.8 Å². The summed E-state index contributed by atoms with van der Waals surface area (Å²) >= 11 is 0. The Bertz CT molecular complexity index is 1280. The number of phosphoric ester groups is 1. The highest BCUT2D eigenvalue weighted by Gasteiger charge is 2.22. The molecular weight excluding hydrogens is 990 g/mol. The number of hydrogen-bond donors (Lipinski definition) is 0. The molecule has 0 aliphatic heterocycles. The van der Waals surface area contributed by atoms with Crippen LogP contribution in [0.5, 0.6) is 0 Å². The highest BCUT2D eigenvalue weighted by atomic mass is 31.2. The average Bonchev–Trinajstić information content (AvgIpc) is 3.41. The van der Waals surface area contributed by atoms with Crippen LogP contribution in [0.2, 0.25) is 0 Å². The third-order valence-electron chi connectivity index (χ3n) is 16.1. The van der Waals surface area contributed by atoms with E-state index in [2.05, 4.69) is 13.8 Å². The van der Waals surface area contributed by atoms with Crippen LogP contribution >= 0.6 is 7.82 Å². The first-order valence-electron chi connectivity index (χ1n) is 34.7. The fourth-order valence-corrected chi connectivity index (χ4v) is 11.5. The molecule has 0 radical (unpaired) electrons. The molecule has 466 valence electrons. The first-order valence-corrected chi connectivity index (χ1v) is 36.2. The molecule has 0 aromatic carbocycles. The van der Waals surface area contributed by atoms with E-state index in [0.29, 0.717) is 17.4 Å². The Kier molecular flexibility index (Phi) is 59.8. The van der Waals surface area contributed by atoms with E-state index in [9.17, 15) is 19.0 Å². The summed E-state index contributed by atoms with van der Waals surface area (Å²) in [5.74, 6) is -0.804. The van der Waals surface area contributed by atoms with Gasteiger partial charge in [0.25, 0.3) is 7.82 Å². The minimum Gasteiger partial charge on any atom is -0.756 e. The van der Waals surface area contributed by atoms with Crippen molar-refractivity contribution in [1.82, 2.24) is 0 Å². The zero-order chi connectivity index (χ0) is 57.0. The van der Waals surface area contributed by atoms with Crippen molar-refractivity contribution in [2.24, 2.45) is 0 Å². The average molecular weight is 1130 g/mol. The number of rotatable bonds is 66. The molecule has 0 rings (SSSR count). The first-order chi connectivity index (χ1) is 38.0. The maximum atomic E-state index is 12.8. The quantitative estimate of drug-likeness (QED) is 0.0256. The lowest BCUT2D eigenvalue weighted by atomic mass is 10.0. The number of carbonyl (C=O) groups is 2. The second-order valence-corrected chi connectivity index (χ2v) is 26.7. The molecule has 0 spiro atoms. The van der Waals surface area contributed by atoms with Gasteiger partial charge in [-0.3, -0.25) is 14.2 Å². The topological polar surface area (TPSA) is 111 Å². The van der Waals surface area contributed by atoms with Gasteiger partial charge in [0.15, 0.2) is 6.10 Å². The molecule has 0 fully saturated rings. The van der Waals surface area contributed by atoms with Gasteiger partial charge in [-0.15, -0.1) is 0 Å². The predicted molar refractivity (Wildman–Crippen MR) is 333 cm³/mol. The van der Waals surface area contributed by atoms with Gasteiger partial charge in [-0.1, -0.05) is 348 Å². The number of likely N-dealkylation sites (N-methyl/N-ethyl adjacent to an activating group) is 1. The van der Waals surface area contributed by atoms with Gasteiger partial charge >= 0.3 is 11.9 Å². The van der Waals surface area contributed by atoms with Crippen molar-refractivity contribution < 1.29 is 42.1 Å². The van der Waals surface area contributed by atoms with Gasteiger partial charge in [0.2, 0.25) is 0 Å². The maximum Gasteiger partial charge on any atom is 0.306 e. The minimum absolute atomic E-state index is 0.0248. The molecule has 2 atom stereocenters. The van der Waals surface area contributed by atoms with E-state index in [1.807, 2.05) is 21.1 Å². The lowest BCUT2D eigenvalue weighted by Crippen LogP contribution is -2.37. The molecule has 0 aromatic heterocycles. The van der Waals surface area contributed by atoms with Crippen LogP contribution in [0, 0.1) is 0 Å². The Morgan fingerprint density at radius 2 is 0.577 bits per heavy atom. The number of phosphoric acid groups is 1. The van der Waals surface area contributed by atoms with Crippen LogP contribution in [0.15, 0.2) is 0 Å². The fourth-order valence-electron chi connectivity index (χ4n) is 10.8. The molecule has 0 N–H and O–H groups in total. The van der Waals surface area contributed by atoms with Crippen LogP contribution in [0.4, 0.5) is 0 Å². The lowest BCUT2D eigenvalue weighted by Gasteiger charge is -2.28. The van der Waals surface area contributed by atoms with Crippen molar-refractivity contribution in [3.8, 4) is 0 Å². The first kappa shape index (κ1) is 77.0. The van der Waals surface area contributed by atoms with Crippen LogP contribution in [0.25, 0.3) is 0 Å². The SMILES string of the molecule is CCCCCCCCCCCCCCCCCCCCCCCCCCCCCCCCCCCC(=O)OC(COC(=O)CCCCCCCCCCCCCCCCCCCCCCC)COP(=O)([O-])OCC[N+](C)(C)C. The van der Waals surface area contributed by atoms with Crippen molar-refractivity contribution in [3.05, 3.63) is 0 Å². The number of carbonyl (C=O) groups excluding carboxylic acids is 2. The van der Waals surface area contributed by atoms with Crippen LogP contribution in [-0.2, 0) is 32.7 Å². The lowest BCUT2D eigenvalue weighted by molar-refractivity contribution is -0.870. The summed E-state index contributed by atoms with van der Waals surface area (Å²) in [6.07, 6.45) is 71.9. The molecule has 0 aliphatic rings. The van der Waals surface area contributed by atoms with E-state index in [0.717, 1.165) is 32.1 Å². The van der Waals surface area contributed by atoms with Crippen molar-refractivity contribution in [2.45, 2.75) is 380 Å². The molecule has 2 unspecified atom stereocenters. The number of ether oxygens (including phenoxy) is 2. The monoisotopic (exact) mass is 1130 g/mol. The third-order valence-corrected chi connectivity index (χ3v) is 17.1. The molecule has 0 bridgehead atoms. The van der Waals surface area contributed by atoms with Crippen molar-refractivity contribution >= 4 is 19.8 Å². The van der Waals surface area contributed by atoms with E-state index < -0.39 is 26.5 Å². The Morgan fingerprint density at radius 1 is 0.346 bits per heavy atom. The molecule has 0 aromatic rings. The molecule has 10 heteroatoms. The fraction of sp³-hybridized carbons (Fsp3) is 0.971. The summed E-state index contributed by atoms with van der Waals surface area (Å²) in [6.45, 7) is 4.33. The van der Waals surface area contributed by atoms with Gasteiger partial charge in [0.05, 0.1) is 27.7 Å². The van der Waals surface area contributed by atoms with Crippen LogP contribution in [0.3, 0.4) is 0 Å². The second-order valence-electron chi connectivity index (χ2n) is 25.3. The molecule has 0 heterocycles. The molecular formula is C68H136NO8P. The second kappa shape index (κ2) is 60.6. The van der Waals surface area contributed by atoms with Crippen molar-refractivity contribution in [1.29, 1.82) is 0 Å². The maximum absolute atomic E-state index is 12.8. The minimum atomic E-state index is -4.63. The Hall–Kier alpha value is -0.990. The Labute approximate surface area is 486 Å². The molecule has 78 heavy (non-hydrogen) atoms. The number of nitrogens with zero attached hydrogens (tertiary/aromatic N) is 1. The van der Waals surface area contributed by atoms with E-state index in [1.165, 1.54) is 308 Å². The molecule has 0 saturated heterocycles. The van der Waals surface area contributed by atoms with E-state index in [1.54, 1.807) is 0 Å². The zero-order valence-electron chi connectivity index (χ0n) is 53.2. The molecule has 0 aliphatic carbocycles. The summed E-state index contributed by atoms with van der Waals surface area (Å²) in [5, 5.41) is 0. The number of quaternary nitrogens is 1.